The van der Waals surface area contributed by atoms with Crippen LogP contribution in [0.5, 0.6) is 0 Å². The van der Waals surface area contributed by atoms with Crippen LogP contribution in [0.2, 0.25) is 0 Å². The Hall–Kier alpha value is -1.17. The summed E-state index contributed by atoms with van der Waals surface area (Å²) in [7, 11) is 0. The van der Waals surface area contributed by atoms with Gasteiger partial charge in [-0.25, -0.2) is 0 Å². The zero-order valence-electron chi connectivity index (χ0n) is 48.4. The highest BCUT2D eigenvalue weighted by atomic mass is 16.8. The predicted octanol–water partition coefficient (Wildman–Crippen LogP) is 13.2. The quantitative estimate of drug-likeness (QED) is 0.229. The summed E-state index contributed by atoms with van der Waals surface area (Å²) >= 11 is 0. The number of hydrogen-bond donors (Lipinski definition) is 2. The summed E-state index contributed by atoms with van der Waals surface area (Å²) in [6.07, 6.45) is 30.8. The fraction of sp³-hybridized carbons (Fsp3) is 0.924. The van der Waals surface area contributed by atoms with E-state index < -0.39 is 28.9 Å². The molecule has 13 fully saturated rings. The molecule has 0 amide bonds. The summed E-state index contributed by atoms with van der Waals surface area (Å²) in [6.45, 7) is 25.5. The molecule has 12 aliphatic carbocycles. The van der Waals surface area contributed by atoms with Gasteiger partial charge in [0.05, 0.1) is 68.1 Å². The van der Waals surface area contributed by atoms with Crippen molar-refractivity contribution in [3.05, 3.63) is 23.3 Å². The highest BCUT2D eigenvalue weighted by Crippen LogP contribution is 2.72. The molecule has 15 rings (SSSR count). The van der Waals surface area contributed by atoms with E-state index >= 15 is 0 Å². The molecule has 9 nitrogen and oxygen atoms in total. The Morgan fingerprint density at radius 1 is 0.453 bits per heavy atom. The second-order valence-corrected chi connectivity index (χ2v) is 30.6. The molecule has 2 N–H and O–H groups in total. The first-order valence-corrected chi connectivity index (χ1v) is 31.9. The number of carbonyl (C=O) groups is 1. The van der Waals surface area contributed by atoms with Gasteiger partial charge in [-0.05, 0) is 222 Å². The zero-order chi connectivity index (χ0) is 52.3. The molecular weight excluding hydrogens is 937 g/mol. The normalized spacial score (nSPS) is 54.0. The minimum Gasteiger partial charge on any atom is -0.392 e. The highest BCUT2D eigenvalue weighted by Gasteiger charge is 2.73. The Kier molecular flexibility index (Phi) is 13.1. The van der Waals surface area contributed by atoms with Crippen LogP contribution >= 0.6 is 0 Å². The maximum atomic E-state index is 13.5. The van der Waals surface area contributed by atoms with Crippen molar-refractivity contribution in [1.29, 1.82) is 0 Å². The lowest BCUT2D eigenvalue weighted by atomic mass is 9.44. The number of fused-ring (bicyclic) bond motifs is 18. The van der Waals surface area contributed by atoms with Crippen molar-refractivity contribution in [2.75, 3.05) is 39.6 Å². The van der Waals surface area contributed by atoms with Gasteiger partial charge in [-0.1, -0.05) is 79.0 Å². The van der Waals surface area contributed by atoms with Crippen LogP contribution in [0.15, 0.2) is 23.3 Å². The smallest absolute Gasteiger partial charge is 0.181 e. The van der Waals surface area contributed by atoms with E-state index in [0.717, 1.165) is 80.0 Å². The molecule has 0 aromatic heterocycles. The third kappa shape index (κ3) is 7.29. The van der Waals surface area contributed by atoms with Gasteiger partial charge in [0.1, 0.15) is 0 Å². The first kappa shape index (κ1) is 53.2. The van der Waals surface area contributed by atoms with Gasteiger partial charge in [-0.2, -0.15) is 0 Å². The van der Waals surface area contributed by atoms with Crippen molar-refractivity contribution in [3.63, 3.8) is 0 Å². The standard InChI is InChI=1S/C22H36O3.C22H34O3.C22H32O3/c3*1-14-6-8-20(2)15(12-14)4-5-16-17-7-9-22(24-10-11-25-22)21(17,3)19(23)13-18(16)20/h14-19,23H,4-13H2,1-3H3;13-17,19,23H,4-12H2,1-3H3;13-17H,4-12H2,1-3H3/t14-,15-,16?,17?,18?,19+,20+,21-;14-,15-,16?,17?,19+,20+,21-;14-,15-,16?,17?,20+,21-/m111/s1. The number of rotatable bonds is 0. The molecule has 3 heterocycles. The van der Waals surface area contributed by atoms with E-state index in [2.05, 4.69) is 74.5 Å². The van der Waals surface area contributed by atoms with Crippen LogP contribution in [-0.4, -0.2) is 85.2 Å². The van der Waals surface area contributed by atoms with Crippen LogP contribution in [0, 0.1) is 109 Å². The van der Waals surface area contributed by atoms with Crippen LogP contribution in [0.3, 0.4) is 0 Å². The molecule has 0 aromatic carbocycles. The fourth-order valence-corrected chi connectivity index (χ4v) is 23.4. The molecular formula is C66H102O9. The fourth-order valence-electron chi connectivity index (χ4n) is 23.4. The molecule has 9 heteroatoms. The van der Waals surface area contributed by atoms with Crippen molar-refractivity contribution in [3.8, 4) is 0 Å². The van der Waals surface area contributed by atoms with E-state index in [1.165, 1.54) is 108 Å². The van der Waals surface area contributed by atoms with Gasteiger partial charge < -0.3 is 38.6 Å². The third-order valence-electron chi connectivity index (χ3n) is 28.0. The predicted molar refractivity (Wildman–Crippen MR) is 290 cm³/mol. The lowest BCUT2D eigenvalue weighted by Crippen LogP contribution is -2.62. The van der Waals surface area contributed by atoms with Crippen molar-refractivity contribution in [2.24, 2.45) is 109 Å². The summed E-state index contributed by atoms with van der Waals surface area (Å²) in [5.74, 6) is 7.75. The van der Waals surface area contributed by atoms with Crippen LogP contribution in [0.4, 0.5) is 0 Å². The minimum atomic E-state index is -0.643. The van der Waals surface area contributed by atoms with E-state index in [0.29, 0.717) is 86.0 Å². The van der Waals surface area contributed by atoms with Crippen molar-refractivity contribution < 1.29 is 43.4 Å². The lowest BCUT2D eigenvalue weighted by molar-refractivity contribution is -0.279. The van der Waals surface area contributed by atoms with Crippen molar-refractivity contribution in [2.45, 2.75) is 233 Å². The van der Waals surface area contributed by atoms with Gasteiger partial charge in [0.15, 0.2) is 23.1 Å². The monoisotopic (exact) mass is 1040 g/mol. The summed E-state index contributed by atoms with van der Waals surface area (Å²) < 4.78 is 36.9. The molecule has 0 aromatic rings. The van der Waals surface area contributed by atoms with Crippen molar-refractivity contribution >= 4 is 5.78 Å². The second kappa shape index (κ2) is 18.4. The Morgan fingerprint density at radius 3 is 1.52 bits per heavy atom. The molecule has 0 bridgehead atoms. The maximum absolute atomic E-state index is 13.5. The largest absolute Gasteiger partial charge is 0.392 e. The summed E-state index contributed by atoms with van der Waals surface area (Å²) in [5.41, 5.74) is 3.12. The molecule has 3 spiro atoms. The molecule has 21 atom stereocenters. The van der Waals surface area contributed by atoms with E-state index in [1.54, 1.807) is 5.57 Å². The molecule has 3 aliphatic heterocycles. The molecule has 15 aliphatic rings. The van der Waals surface area contributed by atoms with E-state index in [4.69, 9.17) is 28.4 Å². The number of aliphatic hydroxyl groups excluding tert-OH is 2. The van der Waals surface area contributed by atoms with Crippen LogP contribution in [0.1, 0.15) is 204 Å². The van der Waals surface area contributed by atoms with E-state index in [1.807, 2.05) is 0 Å². The van der Waals surface area contributed by atoms with Crippen LogP contribution < -0.4 is 0 Å². The summed E-state index contributed by atoms with van der Waals surface area (Å²) in [4.78, 5) is 13.5. The molecule has 75 heavy (non-hydrogen) atoms. The van der Waals surface area contributed by atoms with Gasteiger partial charge in [0.2, 0.25) is 0 Å². The highest BCUT2D eigenvalue weighted by molar-refractivity contribution is 5.98. The minimum absolute atomic E-state index is 0.212. The van der Waals surface area contributed by atoms with Gasteiger partial charge in [-0.15, -0.1) is 0 Å². The number of allylic oxidation sites excluding steroid dienone is 3. The SMILES string of the molecule is C[C@@H]1CC[C@]2(C)C3=CC(=O)[C@@]4(C)C(CCC45OCCO5)C3CC[C@@H]2C1.C[C@@H]1CC[C@]2(C)C3=C[C@H](O)[C@@]4(C)C(CCC45OCCO5)C3CC[C@@H]2C1.C[C@@H]1CC[C@]2(C)C3C[C@H](O)[C@@]4(C)C(CCC45OCCO5)C3CC[C@@H]2C1. The molecule has 420 valence electrons. The van der Waals surface area contributed by atoms with Crippen LogP contribution in [-0.2, 0) is 33.2 Å². The lowest BCUT2D eigenvalue weighted by Gasteiger charge is -2.62. The Labute approximate surface area is 452 Å². The number of ether oxygens (including phenoxy) is 6. The topological polar surface area (TPSA) is 113 Å². The number of aliphatic hydroxyl groups is 2. The molecule has 3 saturated heterocycles. The van der Waals surface area contributed by atoms with Crippen molar-refractivity contribution in [1.82, 2.24) is 0 Å². The third-order valence-corrected chi connectivity index (χ3v) is 28.0. The first-order chi connectivity index (χ1) is 35.7. The average Bonchev–Trinajstić information content (AvgIpc) is 4.28. The molecule has 10 saturated carbocycles. The van der Waals surface area contributed by atoms with E-state index in [9.17, 15) is 15.0 Å². The van der Waals surface area contributed by atoms with Gasteiger partial charge in [0, 0.05) is 19.3 Å². The van der Waals surface area contributed by atoms with Crippen LogP contribution in [0.25, 0.3) is 0 Å². The Morgan fingerprint density at radius 2 is 0.920 bits per heavy atom. The number of hydrogen-bond acceptors (Lipinski definition) is 9. The summed E-state index contributed by atoms with van der Waals surface area (Å²) in [5, 5.41) is 22.7. The second-order valence-electron chi connectivity index (χ2n) is 30.6. The first-order valence-electron chi connectivity index (χ1n) is 31.9. The Bertz CT molecular complexity index is 2260. The van der Waals surface area contributed by atoms with E-state index in [-0.39, 0.29) is 28.1 Å². The Balaban J connectivity index is 0.000000108. The molecule has 7 unspecified atom stereocenters. The van der Waals surface area contributed by atoms with Gasteiger partial charge >= 0.3 is 0 Å². The number of carbonyl (C=O) groups excluding carboxylic acids is 1. The van der Waals surface area contributed by atoms with Gasteiger partial charge in [-0.3, -0.25) is 4.79 Å². The summed E-state index contributed by atoms with van der Waals surface area (Å²) in [6, 6.07) is 0. The average molecular weight is 1040 g/mol. The molecule has 0 radical (unpaired) electrons. The maximum Gasteiger partial charge on any atom is 0.181 e. The van der Waals surface area contributed by atoms with Gasteiger partial charge in [0.25, 0.3) is 0 Å². The zero-order valence-corrected chi connectivity index (χ0v) is 48.4. The number of ketones is 1.